The summed E-state index contributed by atoms with van der Waals surface area (Å²) in [7, 11) is 0. The first kappa shape index (κ1) is 9.28. The number of hydrogen-bond donors (Lipinski definition) is 2. The summed E-state index contributed by atoms with van der Waals surface area (Å²) in [5.74, 6) is -0.984. The topological polar surface area (TPSA) is 87.6 Å². The molecule has 6 nitrogen and oxygen atoms in total. The van der Waals surface area contributed by atoms with E-state index in [9.17, 15) is 14.5 Å². The number of carbonyl (C=O) groups is 2. The third-order valence-electron chi connectivity index (χ3n) is 0.677. The van der Waals surface area contributed by atoms with E-state index in [1.54, 1.807) is 5.43 Å². The Morgan fingerprint density at radius 2 is 2.09 bits per heavy atom. The summed E-state index contributed by atoms with van der Waals surface area (Å²) >= 11 is 0. The fourth-order valence-electron chi connectivity index (χ4n) is 0.317. The highest BCUT2D eigenvalue weighted by Crippen LogP contribution is 1.70. The van der Waals surface area contributed by atoms with E-state index in [1.165, 1.54) is 6.92 Å². The summed E-state index contributed by atoms with van der Waals surface area (Å²) in [6, 6.07) is 0. The summed E-state index contributed by atoms with van der Waals surface area (Å²) < 4.78 is 0. The van der Waals surface area contributed by atoms with E-state index in [0.29, 0.717) is 0 Å². The molecule has 0 spiro atoms. The van der Waals surface area contributed by atoms with E-state index >= 15 is 0 Å². The van der Waals surface area contributed by atoms with Gasteiger partial charge in [0.25, 0.3) is 5.91 Å². The fourth-order valence-corrected chi connectivity index (χ4v) is 0.317. The highest BCUT2D eigenvalue weighted by Gasteiger charge is 1.90. The normalized spacial score (nSPS) is 9.18. The van der Waals surface area contributed by atoms with Gasteiger partial charge >= 0.3 is 0 Å². The Labute approximate surface area is 62.6 Å². The van der Waals surface area contributed by atoms with Crippen LogP contribution >= 0.6 is 0 Å². The molecule has 0 fully saturated rings. The number of nitrogens with one attached hydrogen (secondary N) is 2. The van der Waals surface area contributed by atoms with E-state index in [0.717, 1.165) is 12.3 Å². The van der Waals surface area contributed by atoms with Crippen LogP contribution in [-0.2, 0) is 9.59 Å². The maximum Gasteiger partial charge on any atom is 0.268 e. The molecule has 0 rings (SSSR count). The zero-order valence-corrected chi connectivity index (χ0v) is 5.83. The van der Waals surface area contributed by atoms with Crippen molar-refractivity contribution in [3.05, 3.63) is 17.2 Å². The SMILES string of the molecule is CC(=O)N/C=C\C(=O)NN=O. The molecule has 6 heteroatoms. The van der Waals surface area contributed by atoms with Gasteiger partial charge in [0.1, 0.15) is 0 Å². The van der Waals surface area contributed by atoms with Crippen LogP contribution in [0.15, 0.2) is 17.6 Å². The Kier molecular flexibility index (Phi) is 4.30. The number of rotatable bonds is 3. The number of amides is 2. The molecular formula is C5H7N3O3. The highest BCUT2D eigenvalue weighted by atomic mass is 16.3. The lowest BCUT2D eigenvalue weighted by Gasteiger charge is -1.89. The summed E-state index contributed by atoms with van der Waals surface area (Å²) in [6.07, 6.45) is 2.09. The largest absolute Gasteiger partial charge is 0.333 e. The first-order chi connectivity index (χ1) is 5.16. The molecular weight excluding hydrogens is 150 g/mol. The van der Waals surface area contributed by atoms with Crippen LogP contribution in [0.3, 0.4) is 0 Å². The molecule has 60 valence electrons. The van der Waals surface area contributed by atoms with Crippen LogP contribution in [-0.4, -0.2) is 11.8 Å². The van der Waals surface area contributed by atoms with Gasteiger partial charge in [-0.1, -0.05) is 0 Å². The molecule has 0 aromatic carbocycles. The molecule has 0 atom stereocenters. The minimum absolute atomic E-state index is 0.298. The molecule has 0 radical (unpaired) electrons. The molecule has 11 heavy (non-hydrogen) atoms. The fraction of sp³-hybridized carbons (Fsp3) is 0.200. The molecule has 0 heterocycles. The predicted molar refractivity (Wildman–Crippen MR) is 36.9 cm³/mol. The molecule has 2 N–H and O–H groups in total. The number of nitrogens with zero attached hydrogens (tertiary/aromatic N) is 1. The minimum Gasteiger partial charge on any atom is -0.333 e. The highest BCUT2D eigenvalue weighted by molar-refractivity contribution is 5.87. The third-order valence-corrected chi connectivity index (χ3v) is 0.677. The molecule has 0 unspecified atom stereocenters. The van der Waals surface area contributed by atoms with Gasteiger partial charge in [-0.2, -0.15) is 0 Å². The van der Waals surface area contributed by atoms with Gasteiger partial charge in [-0.05, 0) is 0 Å². The van der Waals surface area contributed by atoms with Crippen molar-refractivity contribution in [3.63, 3.8) is 0 Å². The van der Waals surface area contributed by atoms with Crippen LogP contribution in [0.1, 0.15) is 6.92 Å². The molecule has 0 aromatic heterocycles. The van der Waals surface area contributed by atoms with Gasteiger partial charge in [-0.25, -0.2) is 5.43 Å². The molecule has 0 aliphatic rings. The van der Waals surface area contributed by atoms with E-state index < -0.39 is 5.91 Å². The zero-order chi connectivity index (χ0) is 8.69. The average Bonchev–Trinajstić information content (AvgIpc) is 1.87. The lowest BCUT2D eigenvalue weighted by Crippen LogP contribution is -2.16. The van der Waals surface area contributed by atoms with Crippen LogP contribution in [0.2, 0.25) is 0 Å². The average molecular weight is 157 g/mol. The van der Waals surface area contributed by atoms with Crippen molar-refractivity contribution in [3.8, 4) is 0 Å². The third kappa shape index (κ3) is 6.16. The Balaban J connectivity index is 3.64. The lowest BCUT2D eigenvalue weighted by molar-refractivity contribution is -0.118. The smallest absolute Gasteiger partial charge is 0.268 e. The maximum absolute atomic E-state index is 10.4. The first-order valence-electron chi connectivity index (χ1n) is 2.73. The molecule has 0 aliphatic heterocycles. The number of carbonyl (C=O) groups excluding carboxylic acids is 2. The van der Waals surface area contributed by atoms with Crippen molar-refractivity contribution in [1.29, 1.82) is 0 Å². The van der Waals surface area contributed by atoms with Crippen molar-refractivity contribution < 1.29 is 9.59 Å². The predicted octanol–water partition coefficient (Wildman–Crippen LogP) is -0.566. The Morgan fingerprint density at radius 1 is 1.45 bits per heavy atom. The van der Waals surface area contributed by atoms with Gasteiger partial charge < -0.3 is 5.32 Å². The van der Waals surface area contributed by atoms with Crippen molar-refractivity contribution in [2.75, 3.05) is 0 Å². The summed E-state index contributed by atoms with van der Waals surface area (Å²) in [6.45, 7) is 1.29. The van der Waals surface area contributed by atoms with Crippen LogP contribution in [0.5, 0.6) is 0 Å². The Morgan fingerprint density at radius 3 is 2.55 bits per heavy atom. The van der Waals surface area contributed by atoms with Crippen LogP contribution < -0.4 is 10.7 Å². The second kappa shape index (κ2) is 5.10. The summed E-state index contributed by atoms with van der Waals surface area (Å²) in [5, 5.41) is 4.33. The number of nitroso groups, excluding NO2 is 1. The Hall–Kier alpha value is -1.72. The first-order valence-corrected chi connectivity index (χ1v) is 2.73. The van der Waals surface area contributed by atoms with Gasteiger partial charge in [0.05, 0.1) is 5.29 Å². The molecule has 0 bridgehead atoms. The standard InChI is InChI=1S/C5H7N3O3/c1-4(9)6-3-2-5(10)7-8-11/h2-3H,1H3,(H,6,9)(H,7,10,11)/b3-2-. The minimum atomic E-state index is -0.686. The molecule has 0 saturated carbocycles. The number of hydrogen-bond acceptors (Lipinski definition) is 4. The quantitative estimate of drug-likeness (QED) is 0.327. The van der Waals surface area contributed by atoms with Crippen LogP contribution in [0.4, 0.5) is 0 Å². The molecule has 0 aromatic rings. The zero-order valence-electron chi connectivity index (χ0n) is 5.83. The van der Waals surface area contributed by atoms with Crippen molar-refractivity contribution in [2.45, 2.75) is 6.92 Å². The van der Waals surface area contributed by atoms with Gasteiger partial charge in [0.15, 0.2) is 0 Å². The van der Waals surface area contributed by atoms with Crippen molar-refractivity contribution in [2.24, 2.45) is 5.29 Å². The van der Waals surface area contributed by atoms with Gasteiger partial charge in [0.2, 0.25) is 5.91 Å². The Bertz CT molecular complexity index is 199. The second-order valence-corrected chi connectivity index (χ2v) is 1.60. The molecule has 2 amide bonds. The van der Waals surface area contributed by atoms with Crippen molar-refractivity contribution in [1.82, 2.24) is 10.7 Å². The van der Waals surface area contributed by atoms with Gasteiger partial charge in [-0.15, -0.1) is 4.91 Å². The lowest BCUT2D eigenvalue weighted by atomic mass is 10.5. The van der Waals surface area contributed by atoms with Gasteiger partial charge in [0, 0.05) is 19.2 Å². The van der Waals surface area contributed by atoms with E-state index in [-0.39, 0.29) is 5.91 Å². The second-order valence-electron chi connectivity index (χ2n) is 1.60. The summed E-state index contributed by atoms with van der Waals surface area (Å²) in [5.41, 5.74) is 1.61. The van der Waals surface area contributed by atoms with E-state index in [4.69, 9.17) is 0 Å². The van der Waals surface area contributed by atoms with E-state index in [2.05, 4.69) is 10.6 Å². The monoisotopic (exact) mass is 157 g/mol. The molecule has 0 saturated heterocycles. The van der Waals surface area contributed by atoms with Gasteiger partial charge in [-0.3, -0.25) is 9.59 Å². The van der Waals surface area contributed by atoms with Crippen LogP contribution in [0, 0.1) is 4.91 Å². The summed E-state index contributed by atoms with van der Waals surface area (Å²) in [4.78, 5) is 30.0. The van der Waals surface area contributed by atoms with Crippen LogP contribution in [0.25, 0.3) is 0 Å². The maximum atomic E-state index is 10.4. The molecule has 0 aliphatic carbocycles. The van der Waals surface area contributed by atoms with E-state index in [1.807, 2.05) is 0 Å². The van der Waals surface area contributed by atoms with Crippen molar-refractivity contribution >= 4 is 11.8 Å².